The van der Waals surface area contributed by atoms with Crippen LogP contribution >= 0.6 is 11.6 Å². The second-order valence-electron chi connectivity index (χ2n) is 4.05. The zero-order valence-electron chi connectivity index (χ0n) is 8.65. The van der Waals surface area contributed by atoms with E-state index in [4.69, 9.17) is 16.3 Å². The average molecular weight is 242 g/mol. The highest BCUT2D eigenvalue weighted by molar-refractivity contribution is 6.29. The summed E-state index contributed by atoms with van der Waals surface area (Å²) in [5.74, 6) is -0.807. The molecule has 16 heavy (non-hydrogen) atoms. The van der Waals surface area contributed by atoms with E-state index < -0.39 is 11.4 Å². The Balaban J connectivity index is 2.21. The molecule has 0 amide bonds. The summed E-state index contributed by atoms with van der Waals surface area (Å²) in [4.78, 5) is 15.2. The zero-order chi connectivity index (χ0) is 11.6. The van der Waals surface area contributed by atoms with Crippen LogP contribution in [0.3, 0.4) is 0 Å². The van der Waals surface area contributed by atoms with E-state index in [1.807, 2.05) is 0 Å². The van der Waals surface area contributed by atoms with Gasteiger partial charge in [0.05, 0.1) is 12.0 Å². The average Bonchev–Trinajstić information content (AvgIpc) is 2.67. The molecule has 1 N–H and O–H groups in total. The van der Waals surface area contributed by atoms with Gasteiger partial charge in [0.25, 0.3) is 0 Å². The third-order valence-corrected chi connectivity index (χ3v) is 3.10. The minimum absolute atomic E-state index is 0.266. The van der Waals surface area contributed by atoms with Crippen molar-refractivity contribution in [1.82, 2.24) is 4.98 Å². The molecule has 1 fully saturated rings. The normalized spacial score (nSPS) is 24.6. The molecule has 1 atom stereocenters. The Bertz CT molecular complexity index is 402. The summed E-state index contributed by atoms with van der Waals surface area (Å²) in [7, 11) is 0. The van der Waals surface area contributed by atoms with Gasteiger partial charge in [-0.1, -0.05) is 11.6 Å². The largest absolute Gasteiger partial charge is 0.481 e. The summed E-state index contributed by atoms with van der Waals surface area (Å²) in [6.07, 6.45) is 2.57. The van der Waals surface area contributed by atoms with Crippen LogP contribution in [-0.4, -0.2) is 29.3 Å². The molecule has 1 aromatic rings. The van der Waals surface area contributed by atoms with Gasteiger partial charge in [-0.3, -0.25) is 4.79 Å². The zero-order valence-corrected chi connectivity index (χ0v) is 9.41. The number of carboxylic acid groups (broad SMARTS) is 1. The van der Waals surface area contributed by atoms with E-state index in [1.54, 1.807) is 18.3 Å². The predicted octanol–water partition coefficient (Wildman–Crippen LogP) is 1.77. The van der Waals surface area contributed by atoms with Crippen LogP contribution < -0.4 is 0 Å². The summed E-state index contributed by atoms with van der Waals surface area (Å²) < 4.78 is 5.19. The van der Waals surface area contributed by atoms with Crippen LogP contribution in [0.5, 0.6) is 0 Å². The number of aliphatic carboxylic acids is 1. The number of hydrogen-bond donors (Lipinski definition) is 1. The summed E-state index contributed by atoms with van der Waals surface area (Å²) in [5.41, 5.74) is 0.0814. The summed E-state index contributed by atoms with van der Waals surface area (Å²) in [5, 5.41) is 9.65. The first-order valence-electron chi connectivity index (χ1n) is 5.04. The minimum atomic E-state index is -0.807. The molecule has 86 valence electrons. The Morgan fingerprint density at radius 1 is 1.69 bits per heavy atom. The van der Waals surface area contributed by atoms with Crippen molar-refractivity contribution in [2.24, 2.45) is 5.41 Å². The SMILES string of the molecule is O=C(O)C1(Cc2ccnc(Cl)c2)CCOC1. The highest BCUT2D eigenvalue weighted by atomic mass is 35.5. The van der Waals surface area contributed by atoms with Crippen molar-refractivity contribution in [3.8, 4) is 0 Å². The second-order valence-corrected chi connectivity index (χ2v) is 4.44. The molecule has 2 heterocycles. The van der Waals surface area contributed by atoms with Crippen molar-refractivity contribution in [3.05, 3.63) is 29.0 Å². The fourth-order valence-electron chi connectivity index (χ4n) is 1.93. The highest BCUT2D eigenvalue weighted by Gasteiger charge is 2.42. The van der Waals surface area contributed by atoms with Crippen molar-refractivity contribution in [1.29, 1.82) is 0 Å². The van der Waals surface area contributed by atoms with Crippen LogP contribution in [-0.2, 0) is 16.0 Å². The van der Waals surface area contributed by atoms with Gasteiger partial charge in [0.15, 0.2) is 0 Å². The summed E-state index contributed by atoms with van der Waals surface area (Å²) in [6, 6.07) is 3.49. The van der Waals surface area contributed by atoms with Crippen molar-refractivity contribution in [2.75, 3.05) is 13.2 Å². The van der Waals surface area contributed by atoms with Crippen molar-refractivity contribution in [3.63, 3.8) is 0 Å². The van der Waals surface area contributed by atoms with E-state index in [1.165, 1.54) is 0 Å². The second kappa shape index (κ2) is 4.39. The molecule has 0 aromatic carbocycles. The molecule has 0 aliphatic carbocycles. The Kier molecular flexibility index (Phi) is 3.12. The van der Waals surface area contributed by atoms with E-state index in [-0.39, 0.29) is 6.61 Å². The first-order valence-corrected chi connectivity index (χ1v) is 5.42. The molecule has 0 saturated carbocycles. The molecule has 2 rings (SSSR count). The molecule has 1 aromatic heterocycles. The van der Waals surface area contributed by atoms with Gasteiger partial charge >= 0.3 is 5.97 Å². The molecule has 0 bridgehead atoms. The fourth-order valence-corrected chi connectivity index (χ4v) is 2.13. The fraction of sp³-hybridized carbons (Fsp3) is 0.455. The Morgan fingerprint density at radius 3 is 3.06 bits per heavy atom. The molecule has 0 spiro atoms. The van der Waals surface area contributed by atoms with Gasteiger partial charge in [-0.15, -0.1) is 0 Å². The molecule has 5 heteroatoms. The number of carbonyl (C=O) groups is 1. The van der Waals surface area contributed by atoms with Crippen LogP contribution in [0.2, 0.25) is 5.15 Å². The van der Waals surface area contributed by atoms with Crippen LogP contribution in [0.15, 0.2) is 18.3 Å². The van der Waals surface area contributed by atoms with E-state index >= 15 is 0 Å². The molecule has 1 saturated heterocycles. The van der Waals surface area contributed by atoms with Crippen LogP contribution in [0.25, 0.3) is 0 Å². The number of halogens is 1. The Labute approximate surface area is 98.2 Å². The van der Waals surface area contributed by atoms with E-state index in [0.29, 0.717) is 24.6 Å². The van der Waals surface area contributed by atoms with E-state index in [0.717, 1.165) is 5.56 Å². The van der Waals surface area contributed by atoms with Gasteiger partial charge in [-0.05, 0) is 30.5 Å². The molecular formula is C11H12ClNO3. The first kappa shape index (κ1) is 11.4. The lowest BCUT2D eigenvalue weighted by Crippen LogP contribution is -2.33. The predicted molar refractivity (Wildman–Crippen MR) is 58.5 cm³/mol. The standard InChI is InChI=1S/C11H12ClNO3/c12-9-5-8(1-3-13-9)6-11(10(14)15)2-4-16-7-11/h1,3,5H,2,4,6-7H2,(H,14,15). The molecular weight excluding hydrogens is 230 g/mol. The van der Waals surface area contributed by atoms with Crippen LogP contribution in [0, 0.1) is 5.41 Å². The van der Waals surface area contributed by atoms with Crippen LogP contribution in [0.4, 0.5) is 0 Å². The lowest BCUT2D eigenvalue weighted by molar-refractivity contribution is -0.148. The van der Waals surface area contributed by atoms with Crippen LogP contribution in [0.1, 0.15) is 12.0 Å². The number of ether oxygens (including phenoxy) is 1. The maximum atomic E-state index is 11.3. The Morgan fingerprint density at radius 2 is 2.50 bits per heavy atom. The molecule has 1 aliphatic rings. The lowest BCUT2D eigenvalue weighted by Gasteiger charge is -2.21. The monoisotopic (exact) mass is 241 g/mol. The number of aromatic nitrogens is 1. The summed E-state index contributed by atoms with van der Waals surface area (Å²) >= 11 is 5.77. The van der Waals surface area contributed by atoms with E-state index in [9.17, 15) is 9.90 Å². The molecule has 4 nitrogen and oxygen atoms in total. The van der Waals surface area contributed by atoms with Crippen molar-refractivity contribution < 1.29 is 14.6 Å². The molecule has 0 radical (unpaired) electrons. The highest BCUT2D eigenvalue weighted by Crippen LogP contribution is 2.33. The molecule has 1 unspecified atom stereocenters. The van der Waals surface area contributed by atoms with Gasteiger partial charge in [0.1, 0.15) is 5.15 Å². The number of pyridine rings is 1. The maximum Gasteiger partial charge on any atom is 0.312 e. The smallest absolute Gasteiger partial charge is 0.312 e. The first-order chi connectivity index (χ1) is 7.62. The third kappa shape index (κ3) is 2.18. The van der Waals surface area contributed by atoms with Gasteiger partial charge in [-0.2, -0.15) is 0 Å². The van der Waals surface area contributed by atoms with Gasteiger partial charge in [-0.25, -0.2) is 4.98 Å². The van der Waals surface area contributed by atoms with Crippen molar-refractivity contribution >= 4 is 17.6 Å². The quantitative estimate of drug-likeness (QED) is 0.820. The number of hydrogen-bond acceptors (Lipinski definition) is 3. The number of rotatable bonds is 3. The lowest BCUT2D eigenvalue weighted by atomic mass is 9.81. The summed E-state index contributed by atoms with van der Waals surface area (Å²) in [6.45, 7) is 0.771. The van der Waals surface area contributed by atoms with Crippen molar-refractivity contribution in [2.45, 2.75) is 12.8 Å². The third-order valence-electron chi connectivity index (χ3n) is 2.89. The minimum Gasteiger partial charge on any atom is -0.481 e. The van der Waals surface area contributed by atoms with Gasteiger partial charge in [0, 0.05) is 12.8 Å². The number of carboxylic acids is 1. The van der Waals surface area contributed by atoms with E-state index in [2.05, 4.69) is 4.98 Å². The Hall–Kier alpha value is -1.13. The topological polar surface area (TPSA) is 59.4 Å². The van der Waals surface area contributed by atoms with Gasteiger partial charge < -0.3 is 9.84 Å². The van der Waals surface area contributed by atoms with Gasteiger partial charge in [0.2, 0.25) is 0 Å². The molecule has 1 aliphatic heterocycles. The number of nitrogens with zero attached hydrogens (tertiary/aromatic N) is 1. The maximum absolute atomic E-state index is 11.3.